The maximum absolute atomic E-state index is 13.3. The van der Waals surface area contributed by atoms with Gasteiger partial charge in [0.15, 0.2) is 11.5 Å². The van der Waals surface area contributed by atoms with E-state index in [1.165, 1.54) is 5.01 Å². The summed E-state index contributed by atoms with van der Waals surface area (Å²) < 4.78 is 12.6. The molecule has 1 N–H and O–H groups in total. The van der Waals surface area contributed by atoms with E-state index in [0.717, 1.165) is 28.1 Å². The normalized spacial score (nSPS) is 14.7. The molecule has 39 heavy (non-hydrogen) atoms. The summed E-state index contributed by atoms with van der Waals surface area (Å²) in [4.78, 5) is 24.6. The van der Waals surface area contributed by atoms with Crippen molar-refractivity contribution in [2.75, 3.05) is 14.2 Å². The number of hydrogen-bond acceptors (Lipinski definition) is 6. The van der Waals surface area contributed by atoms with Gasteiger partial charge in [-0.2, -0.15) is 10.2 Å². The van der Waals surface area contributed by atoms with Crippen molar-refractivity contribution in [1.82, 2.24) is 14.8 Å². The highest BCUT2D eigenvalue weighted by Crippen LogP contribution is 2.39. The largest absolute Gasteiger partial charge is 0.493 e. The number of aromatic nitrogens is 2. The molecule has 1 atom stereocenters. The number of aliphatic carboxylic acids is 1. The topological polar surface area (TPSA) is 106 Å². The lowest BCUT2D eigenvalue weighted by molar-refractivity contribution is -0.141. The van der Waals surface area contributed by atoms with Gasteiger partial charge in [0, 0.05) is 35.7 Å². The first-order valence-corrected chi connectivity index (χ1v) is 12.5. The van der Waals surface area contributed by atoms with E-state index in [1.807, 2.05) is 79.0 Å². The second-order valence-electron chi connectivity index (χ2n) is 9.05. The van der Waals surface area contributed by atoms with Crippen molar-refractivity contribution in [3.63, 3.8) is 0 Å². The van der Waals surface area contributed by atoms with Crippen molar-refractivity contribution in [1.29, 1.82) is 0 Å². The molecule has 0 saturated heterocycles. The van der Waals surface area contributed by atoms with Gasteiger partial charge in [0.25, 0.3) is 0 Å². The number of methoxy groups -OCH3 is 2. The summed E-state index contributed by atoms with van der Waals surface area (Å²) in [5.74, 6) is -0.275. The Balaban J connectivity index is 1.60. The van der Waals surface area contributed by atoms with Crippen LogP contribution in [0.15, 0.2) is 90.2 Å². The molecule has 4 aromatic rings. The number of carbonyl (C=O) groups is 2. The molecule has 0 aliphatic carbocycles. The predicted molar refractivity (Wildman–Crippen MR) is 146 cm³/mol. The SMILES string of the molecule is COc1ccc(C2=NN(C(=O)CCC(=O)O)C(c3cn(-c4ccccc4)nc3-c3ccccc3)C2)cc1OC. The molecule has 0 radical (unpaired) electrons. The van der Waals surface area contributed by atoms with Crippen molar-refractivity contribution in [3.8, 4) is 28.4 Å². The number of benzene rings is 3. The molecule has 3 aromatic carbocycles. The minimum absolute atomic E-state index is 0.165. The molecular weight excluding hydrogens is 496 g/mol. The maximum Gasteiger partial charge on any atom is 0.303 e. The van der Waals surface area contributed by atoms with Crippen LogP contribution in [0.3, 0.4) is 0 Å². The number of ether oxygens (including phenoxy) is 2. The van der Waals surface area contributed by atoms with Gasteiger partial charge >= 0.3 is 5.97 Å². The van der Waals surface area contributed by atoms with E-state index in [-0.39, 0.29) is 18.7 Å². The number of amides is 1. The Morgan fingerprint density at radius 3 is 2.26 bits per heavy atom. The number of carboxylic acid groups (broad SMARTS) is 1. The Morgan fingerprint density at radius 1 is 0.897 bits per heavy atom. The van der Waals surface area contributed by atoms with Gasteiger partial charge in [-0.3, -0.25) is 9.59 Å². The first kappa shape index (κ1) is 25.7. The van der Waals surface area contributed by atoms with Crippen LogP contribution < -0.4 is 9.47 Å². The second-order valence-corrected chi connectivity index (χ2v) is 9.05. The van der Waals surface area contributed by atoms with E-state index in [9.17, 15) is 14.7 Å². The fraction of sp³-hybridized carbons (Fsp3) is 0.200. The summed E-state index contributed by atoms with van der Waals surface area (Å²) in [5, 5.41) is 20.2. The van der Waals surface area contributed by atoms with E-state index in [1.54, 1.807) is 25.0 Å². The molecule has 0 fully saturated rings. The summed E-state index contributed by atoms with van der Waals surface area (Å²) in [6, 6.07) is 24.5. The van der Waals surface area contributed by atoms with Crippen LogP contribution in [0.5, 0.6) is 11.5 Å². The molecule has 9 nitrogen and oxygen atoms in total. The Hall–Kier alpha value is -4.92. The van der Waals surface area contributed by atoms with Gasteiger partial charge in [0.1, 0.15) is 0 Å². The van der Waals surface area contributed by atoms with Crippen LogP contribution in [0.4, 0.5) is 0 Å². The average Bonchev–Trinajstić information content (AvgIpc) is 3.62. The Kier molecular flexibility index (Phi) is 7.40. The van der Waals surface area contributed by atoms with Crippen molar-refractivity contribution in [2.45, 2.75) is 25.3 Å². The highest BCUT2D eigenvalue weighted by Gasteiger charge is 2.36. The number of carboxylic acids is 1. The zero-order valence-corrected chi connectivity index (χ0v) is 21.7. The quantitative estimate of drug-likeness (QED) is 0.327. The molecule has 0 saturated carbocycles. The summed E-state index contributed by atoms with van der Waals surface area (Å²) >= 11 is 0. The lowest BCUT2D eigenvalue weighted by Crippen LogP contribution is -2.27. The average molecular weight is 525 g/mol. The van der Waals surface area contributed by atoms with Crippen LogP contribution in [0.1, 0.15) is 36.4 Å². The molecule has 1 unspecified atom stereocenters. The Labute approximate surface area is 225 Å². The number of rotatable bonds is 9. The molecule has 9 heteroatoms. The molecule has 2 heterocycles. The third-order valence-electron chi connectivity index (χ3n) is 6.60. The summed E-state index contributed by atoms with van der Waals surface area (Å²) in [6.07, 6.45) is 1.89. The molecule has 0 spiro atoms. The zero-order chi connectivity index (χ0) is 27.4. The van der Waals surface area contributed by atoms with Crippen molar-refractivity contribution < 1.29 is 24.2 Å². The van der Waals surface area contributed by atoms with Crippen molar-refractivity contribution >= 4 is 17.6 Å². The maximum atomic E-state index is 13.3. The molecule has 0 bridgehead atoms. The minimum Gasteiger partial charge on any atom is -0.493 e. The van der Waals surface area contributed by atoms with Gasteiger partial charge in [0.05, 0.1) is 43.8 Å². The van der Waals surface area contributed by atoms with Crippen molar-refractivity contribution in [2.24, 2.45) is 5.10 Å². The lowest BCUT2D eigenvalue weighted by Gasteiger charge is -2.21. The summed E-state index contributed by atoms with van der Waals surface area (Å²) in [5.41, 5.74) is 4.78. The van der Waals surface area contributed by atoms with Gasteiger partial charge < -0.3 is 14.6 Å². The van der Waals surface area contributed by atoms with Crippen molar-refractivity contribution in [3.05, 3.63) is 96.2 Å². The lowest BCUT2D eigenvalue weighted by atomic mass is 9.96. The van der Waals surface area contributed by atoms with E-state index < -0.39 is 12.0 Å². The van der Waals surface area contributed by atoms with E-state index >= 15 is 0 Å². The van der Waals surface area contributed by atoms with Crippen LogP contribution >= 0.6 is 0 Å². The fourth-order valence-electron chi connectivity index (χ4n) is 4.67. The first-order valence-electron chi connectivity index (χ1n) is 12.5. The van der Waals surface area contributed by atoms with E-state index in [0.29, 0.717) is 23.6 Å². The molecule has 1 aromatic heterocycles. The molecule has 1 aliphatic heterocycles. The molecular formula is C30H28N4O5. The molecule has 198 valence electrons. The third-order valence-corrected chi connectivity index (χ3v) is 6.60. The number of para-hydroxylation sites is 1. The van der Waals surface area contributed by atoms with Gasteiger partial charge in [-0.25, -0.2) is 9.69 Å². The van der Waals surface area contributed by atoms with Crippen LogP contribution in [0, 0.1) is 0 Å². The minimum atomic E-state index is -1.04. The first-order chi connectivity index (χ1) is 19.0. The summed E-state index contributed by atoms with van der Waals surface area (Å²) in [7, 11) is 3.13. The fourth-order valence-corrected chi connectivity index (χ4v) is 4.67. The van der Waals surface area contributed by atoms with Gasteiger partial charge in [-0.15, -0.1) is 0 Å². The monoisotopic (exact) mass is 524 g/mol. The number of hydrazone groups is 1. The van der Waals surface area contributed by atoms with Gasteiger partial charge in [-0.1, -0.05) is 48.5 Å². The molecule has 1 aliphatic rings. The number of carbonyl (C=O) groups excluding carboxylic acids is 1. The third kappa shape index (κ3) is 5.38. The van der Waals surface area contributed by atoms with Crippen LogP contribution in [-0.4, -0.2) is 51.7 Å². The van der Waals surface area contributed by atoms with E-state index in [4.69, 9.17) is 19.7 Å². The zero-order valence-electron chi connectivity index (χ0n) is 21.7. The van der Waals surface area contributed by atoms with Crippen LogP contribution in [0.2, 0.25) is 0 Å². The highest BCUT2D eigenvalue weighted by atomic mass is 16.5. The molecule has 5 rings (SSSR count). The van der Waals surface area contributed by atoms with Crippen LogP contribution in [-0.2, 0) is 9.59 Å². The number of nitrogens with zero attached hydrogens (tertiary/aromatic N) is 4. The highest BCUT2D eigenvalue weighted by molar-refractivity contribution is 6.04. The number of hydrogen-bond donors (Lipinski definition) is 1. The standard InChI is InChI=1S/C30H28N4O5/c1-38-26-14-13-21(17-27(26)39-2)24-18-25(34(31-24)28(35)15-16-29(36)37)23-19-33(22-11-7-4-8-12-22)32-30(23)20-9-5-3-6-10-20/h3-14,17,19,25H,15-16,18H2,1-2H3,(H,36,37). The second kappa shape index (κ2) is 11.2. The van der Waals surface area contributed by atoms with Gasteiger partial charge in [0.2, 0.25) is 5.91 Å². The van der Waals surface area contributed by atoms with E-state index in [2.05, 4.69) is 0 Å². The predicted octanol–water partition coefficient (Wildman–Crippen LogP) is 5.10. The Morgan fingerprint density at radius 2 is 1.59 bits per heavy atom. The summed E-state index contributed by atoms with van der Waals surface area (Å²) in [6.45, 7) is 0. The van der Waals surface area contributed by atoms with Gasteiger partial charge in [-0.05, 0) is 30.3 Å². The Bertz CT molecular complexity index is 1520. The smallest absolute Gasteiger partial charge is 0.303 e. The molecule has 1 amide bonds. The van der Waals surface area contributed by atoms with Crippen LogP contribution in [0.25, 0.3) is 16.9 Å².